The van der Waals surface area contributed by atoms with E-state index >= 15 is 0 Å². The molecule has 13 heavy (non-hydrogen) atoms. The summed E-state index contributed by atoms with van der Waals surface area (Å²) in [7, 11) is 0. The van der Waals surface area contributed by atoms with E-state index in [2.05, 4.69) is 15.9 Å². The van der Waals surface area contributed by atoms with Crippen molar-refractivity contribution in [2.75, 3.05) is 5.88 Å². The Morgan fingerprint density at radius 2 is 2.23 bits per heavy atom. The number of carbonyl (C=O) groups excluding carboxylic acids is 1. The molecule has 0 aromatic heterocycles. The van der Waals surface area contributed by atoms with Gasteiger partial charge in [0.1, 0.15) is 0 Å². The van der Waals surface area contributed by atoms with E-state index in [9.17, 15) is 9.18 Å². The topological polar surface area (TPSA) is 17.1 Å². The Balaban J connectivity index is 3.26. The monoisotopic (exact) mass is 376 g/mol. The molecule has 0 fully saturated rings. The van der Waals surface area contributed by atoms with Crippen LogP contribution in [-0.2, 0) is 0 Å². The molecule has 0 atom stereocenters. The van der Waals surface area contributed by atoms with Crippen molar-refractivity contribution in [3.63, 3.8) is 0 Å². The van der Waals surface area contributed by atoms with Crippen LogP contribution >= 0.6 is 50.1 Å². The molecule has 0 saturated carbocycles. The van der Waals surface area contributed by atoms with Crippen LogP contribution in [-0.4, -0.2) is 11.7 Å². The Morgan fingerprint density at radius 1 is 1.62 bits per heavy atom. The van der Waals surface area contributed by atoms with Gasteiger partial charge >= 0.3 is 0 Å². The molecule has 0 spiro atoms. The van der Waals surface area contributed by atoms with Crippen LogP contribution in [0.3, 0.4) is 0 Å². The second-order valence-corrected chi connectivity index (χ2v) is 4.50. The van der Waals surface area contributed by atoms with Crippen LogP contribution in [0.5, 0.6) is 0 Å². The lowest BCUT2D eigenvalue weighted by atomic mass is 10.1. The van der Waals surface area contributed by atoms with Gasteiger partial charge in [0.05, 0.1) is 10.4 Å². The SMILES string of the molecule is O=C(CCl)c1ccc(I)c(F)c1Br. The van der Waals surface area contributed by atoms with Crippen molar-refractivity contribution in [1.29, 1.82) is 0 Å². The van der Waals surface area contributed by atoms with Gasteiger partial charge in [0.25, 0.3) is 0 Å². The zero-order valence-corrected chi connectivity index (χ0v) is 10.8. The lowest BCUT2D eigenvalue weighted by Gasteiger charge is -2.03. The van der Waals surface area contributed by atoms with Crippen LogP contribution in [0.1, 0.15) is 10.4 Å². The second kappa shape index (κ2) is 4.70. The third-order valence-corrected chi connectivity index (χ3v) is 3.31. The minimum atomic E-state index is -0.420. The number of hydrogen-bond donors (Lipinski definition) is 0. The molecule has 0 N–H and O–H groups in total. The third-order valence-electron chi connectivity index (χ3n) is 1.46. The van der Waals surface area contributed by atoms with Gasteiger partial charge < -0.3 is 0 Å². The molecule has 0 radical (unpaired) electrons. The smallest absolute Gasteiger partial charge is 0.178 e. The van der Waals surface area contributed by atoms with Crippen LogP contribution in [0.15, 0.2) is 16.6 Å². The van der Waals surface area contributed by atoms with Gasteiger partial charge in [-0.25, -0.2) is 4.39 Å². The number of carbonyl (C=O) groups is 1. The Labute approximate surface area is 102 Å². The minimum absolute atomic E-state index is 0.140. The summed E-state index contributed by atoms with van der Waals surface area (Å²) in [6.07, 6.45) is 0. The summed E-state index contributed by atoms with van der Waals surface area (Å²) in [4.78, 5) is 11.2. The number of alkyl halides is 1. The van der Waals surface area contributed by atoms with Crippen LogP contribution < -0.4 is 0 Å². The van der Waals surface area contributed by atoms with Crippen LogP contribution in [0, 0.1) is 9.39 Å². The van der Waals surface area contributed by atoms with Crippen molar-refractivity contribution in [3.05, 3.63) is 31.6 Å². The molecule has 1 aromatic rings. The first-order valence-electron chi connectivity index (χ1n) is 3.30. The molecule has 0 heterocycles. The molecule has 0 aliphatic rings. The number of ketones is 1. The zero-order chi connectivity index (χ0) is 10.0. The maximum Gasteiger partial charge on any atom is 0.178 e. The predicted molar refractivity (Wildman–Crippen MR) is 61.9 cm³/mol. The molecular weight excluding hydrogens is 373 g/mol. The fraction of sp³-hybridized carbons (Fsp3) is 0.125. The summed E-state index contributed by atoms with van der Waals surface area (Å²) in [6.45, 7) is 0. The normalized spacial score (nSPS) is 10.2. The van der Waals surface area contributed by atoms with E-state index in [1.165, 1.54) is 0 Å². The molecule has 0 bridgehead atoms. The van der Waals surface area contributed by atoms with Gasteiger partial charge in [-0.3, -0.25) is 4.79 Å². The average molecular weight is 377 g/mol. The maximum atomic E-state index is 13.2. The van der Waals surface area contributed by atoms with E-state index in [-0.39, 0.29) is 21.7 Å². The summed E-state index contributed by atoms with van der Waals surface area (Å²) in [5.41, 5.74) is 0.285. The number of rotatable bonds is 2. The maximum absolute atomic E-state index is 13.2. The van der Waals surface area contributed by atoms with Gasteiger partial charge in [-0.05, 0) is 50.7 Å². The first kappa shape index (κ1) is 11.4. The number of halogens is 4. The Bertz CT molecular complexity index is 356. The van der Waals surface area contributed by atoms with Gasteiger partial charge in [-0.15, -0.1) is 11.6 Å². The lowest BCUT2D eigenvalue weighted by Crippen LogP contribution is -2.03. The van der Waals surface area contributed by atoms with Gasteiger partial charge in [-0.1, -0.05) is 0 Å². The van der Waals surface area contributed by atoms with E-state index in [1.54, 1.807) is 12.1 Å². The fourth-order valence-electron chi connectivity index (χ4n) is 0.813. The molecule has 5 heteroatoms. The van der Waals surface area contributed by atoms with Gasteiger partial charge in [0, 0.05) is 9.13 Å². The lowest BCUT2D eigenvalue weighted by molar-refractivity contribution is 0.102. The average Bonchev–Trinajstić information content (AvgIpc) is 2.13. The van der Waals surface area contributed by atoms with E-state index in [0.29, 0.717) is 3.57 Å². The number of Topliss-reactive ketones (excluding diaryl/α,β-unsaturated/α-hetero) is 1. The standard InChI is InChI=1S/C8H4BrClFIO/c9-7-4(6(13)3-10)1-2-5(12)8(7)11/h1-2H,3H2. The predicted octanol–water partition coefficient (Wildman–Crippen LogP) is 3.61. The first-order chi connectivity index (χ1) is 6.07. The largest absolute Gasteiger partial charge is 0.293 e. The van der Waals surface area contributed by atoms with E-state index in [0.717, 1.165) is 0 Å². The van der Waals surface area contributed by atoms with E-state index < -0.39 is 5.82 Å². The number of benzene rings is 1. The van der Waals surface area contributed by atoms with Crippen molar-refractivity contribution < 1.29 is 9.18 Å². The summed E-state index contributed by atoms with van der Waals surface area (Å²) in [6, 6.07) is 3.10. The highest BCUT2D eigenvalue weighted by Crippen LogP contribution is 2.25. The molecule has 1 nitrogen and oxygen atoms in total. The Kier molecular flexibility index (Phi) is 4.12. The first-order valence-corrected chi connectivity index (χ1v) is 5.71. The Morgan fingerprint density at radius 3 is 2.77 bits per heavy atom. The van der Waals surface area contributed by atoms with Crippen molar-refractivity contribution in [1.82, 2.24) is 0 Å². The third kappa shape index (κ3) is 2.41. The van der Waals surface area contributed by atoms with Crippen LogP contribution in [0.25, 0.3) is 0 Å². The minimum Gasteiger partial charge on any atom is -0.293 e. The van der Waals surface area contributed by atoms with E-state index in [4.69, 9.17) is 11.6 Å². The molecule has 1 aromatic carbocycles. The quantitative estimate of drug-likeness (QED) is 0.333. The molecule has 0 aliphatic heterocycles. The second-order valence-electron chi connectivity index (χ2n) is 2.28. The number of hydrogen-bond acceptors (Lipinski definition) is 1. The van der Waals surface area contributed by atoms with Crippen LogP contribution in [0.4, 0.5) is 4.39 Å². The molecule has 0 aliphatic carbocycles. The molecule has 0 unspecified atom stereocenters. The summed E-state index contributed by atoms with van der Waals surface area (Å²) in [5, 5.41) is 0. The Hall–Kier alpha value is 0.320. The summed E-state index contributed by atoms with van der Waals surface area (Å²) >= 11 is 10.2. The zero-order valence-electron chi connectivity index (χ0n) is 6.28. The highest BCUT2D eigenvalue weighted by Gasteiger charge is 2.14. The highest BCUT2D eigenvalue weighted by molar-refractivity contribution is 14.1. The molecule has 0 amide bonds. The van der Waals surface area contributed by atoms with Gasteiger partial charge in [0.2, 0.25) is 0 Å². The van der Waals surface area contributed by atoms with Gasteiger partial charge in [-0.2, -0.15) is 0 Å². The van der Waals surface area contributed by atoms with Gasteiger partial charge in [0.15, 0.2) is 11.6 Å². The van der Waals surface area contributed by atoms with Crippen molar-refractivity contribution in [2.24, 2.45) is 0 Å². The van der Waals surface area contributed by atoms with Crippen LogP contribution in [0.2, 0.25) is 0 Å². The summed E-state index contributed by atoms with van der Waals surface area (Å²) < 4.78 is 13.9. The fourth-order valence-corrected chi connectivity index (χ4v) is 2.34. The molecular formula is C8H4BrClFIO. The molecule has 1 rings (SSSR count). The van der Waals surface area contributed by atoms with E-state index in [1.807, 2.05) is 22.6 Å². The summed E-state index contributed by atoms with van der Waals surface area (Å²) in [5.74, 6) is -0.848. The highest BCUT2D eigenvalue weighted by atomic mass is 127. The van der Waals surface area contributed by atoms with Crippen molar-refractivity contribution in [2.45, 2.75) is 0 Å². The van der Waals surface area contributed by atoms with Crippen molar-refractivity contribution >= 4 is 55.9 Å². The van der Waals surface area contributed by atoms with Crippen molar-refractivity contribution in [3.8, 4) is 0 Å². The molecule has 0 saturated heterocycles. The molecule has 70 valence electrons.